The van der Waals surface area contributed by atoms with Gasteiger partial charge in [-0.3, -0.25) is 4.90 Å². The SMILES string of the molecule is CNCC1CCCN(C2CC2)C1c1ccc(OC)c(Cl)c1. The van der Waals surface area contributed by atoms with Crippen molar-refractivity contribution >= 4 is 11.6 Å². The molecule has 1 aliphatic carbocycles. The summed E-state index contributed by atoms with van der Waals surface area (Å²) in [5, 5.41) is 4.09. The highest BCUT2D eigenvalue weighted by Crippen LogP contribution is 2.43. The van der Waals surface area contributed by atoms with Gasteiger partial charge in [0.25, 0.3) is 0 Å². The van der Waals surface area contributed by atoms with E-state index in [0.717, 1.165) is 23.4 Å². The van der Waals surface area contributed by atoms with Crippen LogP contribution in [0, 0.1) is 5.92 Å². The van der Waals surface area contributed by atoms with Crippen LogP contribution in [-0.4, -0.2) is 38.2 Å². The predicted octanol–water partition coefficient (Wildman–Crippen LogP) is 3.48. The number of halogens is 1. The second kappa shape index (κ2) is 6.55. The molecule has 1 heterocycles. The summed E-state index contributed by atoms with van der Waals surface area (Å²) in [5.41, 5.74) is 1.34. The van der Waals surface area contributed by atoms with Crippen LogP contribution in [0.4, 0.5) is 0 Å². The van der Waals surface area contributed by atoms with Gasteiger partial charge in [0.2, 0.25) is 0 Å². The molecule has 2 atom stereocenters. The molecular formula is C17H25ClN2O. The minimum Gasteiger partial charge on any atom is -0.495 e. The Bertz CT molecular complexity index is 488. The maximum Gasteiger partial charge on any atom is 0.137 e. The van der Waals surface area contributed by atoms with E-state index in [1.807, 2.05) is 13.1 Å². The van der Waals surface area contributed by atoms with Gasteiger partial charge in [0, 0.05) is 12.1 Å². The first kappa shape index (κ1) is 15.1. The Labute approximate surface area is 132 Å². The van der Waals surface area contributed by atoms with Gasteiger partial charge in [0.05, 0.1) is 12.1 Å². The van der Waals surface area contributed by atoms with Gasteiger partial charge in [0.15, 0.2) is 0 Å². The van der Waals surface area contributed by atoms with E-state index in [1.54, 1.807) is 7.11 Å². The lowest BCUT2D eigenvalue weighted by atomic mass is 9.84. The minimum absolute atomic E-state index is 0.488. The second-order valence-corrected chi connectivity index (χ2v) is 6.68. The Morgan fingerprint density at radius 3 is 2.76 bits per heavy atom. The van der Waals surface area contributed by atoms with Crippen LogP contribution in [0.2, 0.25) is 5.02 Å². The summed E-state index contributed by atoms with van der Waals surface area (Å²) in [7, 11) is 3.72. The molecule has 2 aliphatic rings. The Morgan fingerprint density at radius 1 is 1.33 bits per heavy atom. The van der Waals surface area contributed by atoms with Crippen LogP contribution in [-0.2, 0) is 0 Å². The summed E-state index contributed by atoms with van der Waals surface area (Å²) < 4.78 is 5.29. The molecule has 1 saturated heterocycles. The molecule has 1 N–H and O–H groups in total. The number of nitrogens with zero attached hydrogens (tertiary/aromatic N) is 1. The van der Waals surface area contributed by atoms with E-state index in [2.05, 4.69) is 22.3 Å². The first-order valence-electron chi connectivity index (χ1n) is 7.98. The van der Waals surface area contributed by atoms with Crippen molar-refractivity contribution in [2.75, 3.05) is 27.2 Å². The highest BCUT2D eigenvalue weighted by atomic mass is 35.5. The lowest BCUT2D eigenvalue weighted by Gasteiger charge is -2.42. The van der Waals surface area contributed by atoms with E-state index in [0.29, 0.717) is 12.0 Å². The molecule has 1 aromatic rings. The monoisotopic (exact) mass is 308 g/mol. The smallest absolute Gasteiger partial charge is 0.137 e. The van der Waals surface area contributed by atoms with Crippen LogP contribution in [0.5, 0.6) is 5.75 Å². The largest absolute Gasteiger partial charge is 0.495 e. The second-order valence-electron chi connectivity index (χ2n) is 6.27. The van der Waals surface area contributed by atoms with Crippen molar-refractivity contribution in [3.05, 3.63) is 28.8 Å². The Balaban J connectivity index is 1.90. The van der Waals surface area contributed by atoms with Gasteiger partial charge in [-0.15, -0.1) is 0 Å². The molecule has 1 aliphatic heterocycles. The van der Waals surface area contributed by atoms with E-state index in [1.165, 1.54) is 37.8 Å². The summed E-state index contributed by atoms with van der Waals surface area (Å²) in [5.74, 6) is 1.42. The molecule has 3 nitrogen and oxygen atoms in total. The number of nitrogens with one attached hydrogen (secondary N) is 1. The van der Waals surface area contributed by atoms with Gasteiger partial charge in [0.1, 0.15) is 5.75 Å². The molecule has 21 heavy (non-hydrogen) atoms. The average molecular weight is 309 g/mol. The topological polar surface area (TPSA) is 24.5 Å². The standard InChI is InChI=1S/C17H25ClN2O/c1-19-11-13-4-3-9-20(14-6-7-14)17(13)12-5-8-16(21-2)15(18)10-12/h5,8,10,13-14,17,19H,3-4,6-7,9,11H2,1-2H3. The quantitative estimate of drug-likeness (QED) is 0.901. The summed E-state index contributed by atoms with van der Waals surface area (Å²) in [6, 6.07) is 7.58. The van der Waals surface area contributed by atoms with Crippen LogP contribution in [0.3, 0.4) is 0 Å². The van der Waals surface area contributed by atoms with Crippen molar-refractivity contribution in [1.29, 1.82) is 0 Å². The Morgan fingerprint density at radius 2 is 2.14 bits per heavy atom. The molecule has 0 amide bonds. The van der Waals surface area contributed by atoms with Crippen molar-refractivity contribution in [3.63, 3.8) is 0 Å². The number of piperidine rings is 1. The number of hydrogen-bond donors (Lipinski definition) is 1. The van der Waals surface area contributed by atoms with E-state index in [-0.39, 0.29) is 0 Å². The molecule has 0 aromatic heterocycles. The van der Waals surface area contributed by atoms with E-state index < -0.39 is 0 Å². The molecule has 2 unspecified atom stereocenters. The summed E-state index contributed by atoms with van der Waals surface area (Å²) in [6.45, 7) is 2.29. The first-order valence-corrected chi connectivity index (χ1v) is 8.36. The van der Waals surface area contributed by atoms with Crippen LogP contribution in [0.25, 0.3) is 0 Å². The van der Waals surface area contributed by atoms with Gasteiger partial charge in [-0.05, 0) is 69.4 Å². The Kier molecular flexibility index (Phi) is 4.72. The van der Waals surface area contributed by atoms with E-state index in [4.69, 9.17) is 16.3 Å². The van der Waals surface area contributed by atoms with Gasteiger partial charge < -0.3 is 10.1 Å². The predicted molar refractivity (Wildman–Crippen MR) is 87.1 cm³/mol. The molecule has 0 bridgehead atoms. The molecule has 0 radical (unpaired) electrons. The van der Waals surface area contributed by atoms with Gasteiger partial charge >= 0.3 is 0 Å². The maximum atomic E-state index is 6.36. The number of likely N-dealkylation sites (tertiary alicyclic amines) is 1. The molecule has 116 valence electrons. The Hall–Kier alpha value is -0.770. The van der Waals surface area contributed by atoms with Crippen molar-refractivity contribution < 1.29 is 4.74 Å². The molecular weight excluding hydrogens is 284 g/mol. The van der Waals surface area contributed by atoms with Gasteiger partial charge in [-0.25, -0.2) is 0 Å². The molecule has 4 heteroatoms. The van der Waals surface area contributed by atoms with Gasteiger partial charge in [-0.1, -0.05) is 17.7 Å². The highest BCUT2D eigenvalue weighted by molar-refractivity contribution is 6.32. The number of rotatable bonds is 5. The van der Waals surface area contributed by atoms with Crippen LogP contribution in [0.15, 0.2) is 18.2 Å². The lowest BCUT2D eigenvalue weighted by molar-refractivity contribution is 0.0845. The fraction of sp³-hybridized carbons (Fsp3) is 0.647. The molecule has 0 spiro atoms. The molecule has 1 aromatic carbocycles. The third-order valence-corrected chi connectivity index (χ3v) is 5.09. The summed E-state index contributed by atoms with van der Waals surface area (Å²) in [6.07, 6.45) is 5.31. The van der Waals surface area contributed by atoms with Crippen LogP contribution >= 0.6 is 11.6 Å². The number of hydrogen-bond acceptors (Lipinski definition) is 3. The van der Waals surface area contributed by atoms with Crippen molar-refractivity contribution in [2.45, 2.75) is 37.8 Å². The fourth-order valence-corrected chi connectivity index (χ4v) is 3.99. The zero-order chi connectivity index (χ0) is 14.8. The summed E-state index contributed by atoms with van der Waals surface area (Å²) in [4.78, 5) is 2.71. The van der Waals surface area contributed by atoms with Gasteiger partial charge in [-0.2, -0.15) is 0 Å². The van der Waals surface area contributed by atoms with Crippen molar-refractivity contribution in [1.82, 2.24) is 10.2 Å². The average Bonchev–Trinajstić information content (AvgIpc) is 3.32. The number of ether oxygens (including phenoxy) is 1. The third-order valence-electron chi connectivity index (χ3n) is 4.79. The molecule has 3 rings (SSSR count). The molecule has 2 fully saturated rings. The van der Waals surface area contributed by atoms with Crippen LogP contribution in [0.1, 0.15) is 37.3 Å². The maximum absolute atomic E-state index is 6.36. The lowest BCUT2D eigenvalue weighted by Crippen LogP contribution is -2.43. The van der Waals surface area contributed by atoms with Crippen molar-refractivity contribution in [3.8, 4) is 5.75 Å². The zero-order valence-corrected chi connectivity index (χ0v) is 13.7. The van der Waals surface area contributed by atoms with E-state index >= 15 is 0 Å². The minimum atomic E-state index is 0.488. The first-order chi connectivity index (χ1) is 10.2. The number of benzene rings is 1. The highest BCUT2D eigenvalue weighted by Gasteiger charge is 2.40. The third kappa shape index (κ3) is 3.20. The van der Waals surface area contributed by atoms with Crippen molar-refractivity contribution in [2.24, 2.45) is 5.92 Å². The number of methoxy groups -OCH3 is 1. The normalized spacial score (nSPS) is 26.8. The van der Waals surface area contributed by atoms with E-state index in [9.17, 15) is 0 Å². The zero-order valence-electron chi connectivity index (χ0n) is 12.9. The van der Waals surface area contributed by atoms with Crippen LogP contribution < -0.4 is 10.1 Å². The fourth-order valence-electron chi connectivity index (χ4n) is 3.73. The summed E-state index contributed by atoms with van der Waals surface area (Å²) >= 11 is 6.36. The molecule has 1 saturated carbocycles.